The van der Waals surface area contributed by atoms with Gasteiger partial charge in [0, 0.05) is 0 Å². The second-order valence-electron chi connectivity index (χ2n) is 5.52. The molecule has 4 aromatic rings. The van der Waals surface area contributed by atoms with Crippen molar-refractivity contribution in [1.82, 2.24) is 30.0 Å². The molecule has 2 aromatic heterocycles. The third-order valence-corrected chi connectivity index (χ3v) is 3.98. The molecule has 2 heterocycles. The summed E-state index contributed by atoms with van der Waals surface area (Å²) in [4.78, 5) is 24.0. The molecule has 2 aromatic carbocycles. The second-order valence-corrected chi connectivity index (χ2v) is 5.92. The fourth-order valence-corrected chi connectivity index (χ4v) is 2.70. The number of halogens is 2. The highest BCUT2D eigenvalue weighted by Crippen LogP contribution is 2.23. The minimum atomic E-state index is -1.35. The van der Waals surface area contributed by atoms with Crippen LogP contribution in [-0.4, -0.2) is 52.1 Å². The summed E-state index contributed by atoms with van der Waals surface area (Å²) in [5.74, 6) is -3.22. The Morgan fingerprint density at radius 1 is 0.844 bits per heavy atom. The van der Waals surface area contributed by atoms with Crippen LogP contribution in [0, 0.1) is 5.82 Å². The first kappa shape index (κ1) is 24.2. The molecule has 0 fully saturated rings. The SMILES string of the molecule is CC.O=C(O)c1c(F)cccc1-n1nccn1.O=C(O)c1cccc(Cl)c1-n1nccn1. The predicted molar refractivity (Wildman–Crippen MR) is 113 cm³/mol. The number of carboxylic acid groups (broad SMARTS) is 2. The molecular formula is C20H18ClFN6O4. The van der Waals surface area contributed by atoms with Crippen LogP contribution in [0.25, 0.3) is 11.4 Å². The smallest absolute Gasteiger partial charge is 0.340 e. The Morgan fingerprint density at radius 2 is 1.38 bits per heavy atom. The summed E-state index contributed by atoms with van der Waals surface area (Å²) in [6.07, 6.45) is 5.68. The monoisotopic (exact) mass is 460 g/mol. The predicted octanol–water partition coefficient (Wildman–Crippen LogP) is 3.75. The van der Waals surface area contributed by atoms with Crippen molar-refractivity contribution in [2.24, 2.45) is 0 Å². The highest BCUT2D eigenvalue weighted by atomic mass is 35.5. The quantitative estimate of drug-likeness (QED) is 0.470. The number of carboxylic acids is 2. The molecule has 10 nitrogen and oxygen atoms in total. The first-order valence-corrected chi connectivity index (χ1v) is 9.55. The maximum Gasteiger partial charge on any atom is 0.340 e. The van der Waals surface area contributed by atoms with E-state index in [0.29, 0.717) is 5.02 Å². The Hall–Kier alpha value is -4.12. The van der Waals surface area contributed by atoms with E-state index in [-0.39, 0.29) is 16.9 Å². The summed E-state index contributed by atoms with van der Waals surface area (Å²) in [5.41, 5.74) is 0.0107. The van der Waals surface area contributed by atoms with Crippen LogP contribution in [0.2, 0.25) is 5.02 Å². The van der Waals surface area contributed by atoms with Crippen LogP contribution in [0.3, 0.4) is 0 Å². The first-order chi connectivity index (χ1) is 15.4. The fourth-order valence-electron chi connectivity index (χ4n) is 2.45. The Labute approximate surface area is 186 Å². The zero-order valence-electron chi connectivity index (χ0n) is 16.9. The summed E-state index contributed by atoms with van der Waals surface area (Å²) in [6.45, 7) is 4.00. The van der Waals surface area contributed by atoms with Crippen molar-refractivity contribution in [2.75, 3.05) is 0 Å². The molecule has 0 aliphatic heterocycles. The minimum Gasteiger partial charge on any atom is -0.478 e. The Kier molecular flexibility index (Phi) is 8.54. The van der Waals surface area contributed by atoms with Crippen molar-refractivity contribution < 1.29 is 24.2 Å². The summed E-state index contributed by atoms with van der Waals surface area (Å²) < 4.78 is 13.2. The number of para-hydroxylation sites is 1. The molecule has 166 valence electrons. The van der Waals surface area contributed by atoms with Crippen LogP contribution < -0.4 is 0 Å². The van der Waals surface area contributed by atoms with Crippen LogP contribution in [0.4, 0.5) is 4.39 Å². The molecule has 0 aliphatic rings. The van der Waals surface area contributed by atoms with Crippen LogP contribution in [0.1, 0.15) is 34.6 Å². The number of carbonyl (C=O) groups is 2. The van der Waals surface area contributed by atoms with Gasteiger partial charge in [-0.3, -0.25) is 0 Å². The summed E-state index contributed by atoms with van der Waals surface area (Å²) in [6, 6.07) is 8.53. The van der Waals surface area contributed by atoms with Gasteiger partial charge in [0.15, 0.2) is 0 Å². The third kappa shape index (κ3) is 5.52. The van der Waals surface area contributed by atoms with Crippen molar-refractivity contribution in [3.63, 3.8) is 0 Å². The Bertz CT molecular complexity index is 1180. The zero-order valence-corrected chi connectivity index (χ0v) is 17.7. The maximum atomic E-state index is 13.2. The molecule has 0 aliphatic carbocycles. The highest BCUT2D eigenvalue weighted by Gasteiger charge is 2.17. The van der Waals surface area contributed by atoms with Gasteiger partial charge in [-0.2, -0.15) is 25.2 Å². The number of benzene rings is 2. The van der Waals surface area contributed by atoms with Gasteiger partial charge in [-0.15, -0.1) is 4.80 Å². The van der Waals surface area contributed by atoms with Gasteiger partial charge >= 0.3 is 11.9 Å². The lowest BCUT2D eigenvalue weighted by molar-refractivity contribution is 0.0682. The molecule has 0 amide bonds. The van der Waals surface area contributed by atoms with Crippen LogP contribution >= 0.6 is 11.6 Å². The molecule has 32 heavy (non-hydrogen) atoms. The normalized spacial score (nSPS) is 9.75. The van der Waals surface area contributed by atoms with Crippen molar-refractivity contribution in [1.29, 1.82) is 0 Å². The average molecular weight is 461 g/mol. The van der Waals surface area contributed by atoms with Crippen molar-refractivity contribution in [2.45, 2.75) is 13.8 Å². The van der Waals surface area contributed by atoms with Gasteiger partial charge in [0.2, 0.25) is 0 Å². The van der Waals surface area contributed by atoms with E-state index in [4.69, 9.17) is 21.8 Å². The molecule has 12 heteroatoms. The van der Waals surface area contributed by atoms with Crippen LogP contribution in [0.15, 0.2) is 61.2 Å². The van der Waals surface area contributed by atoms with E-state index in [9.17, 15) is 14.0 Å². The van der Waals surface area contributed by atoms with Crippen molar-refractivity contribution >= 4 is 23.5 Å². The molecule has 0 saturated carbocycles. The van der Waals surface area contributed by atoms with Gasteiger partial charge in [0.05, 0.1) is 35.4 Å². The molecule has 0 bridgehead atoms. The largest absolute Gasteiger partial charge is 0.478 e. The molecule has 0 radical (unpaired) electrons. The van der Waals surface area contributed by atoms with Gasteiger partial charge in [-0.1, -0.05) is 37.6 Å². The number of aromatic carboxylic acids is 2. The summed E-state index contributed by atoms with van der Waals surface area (Å²) in [7, 11) is 0. The van der Waals surface area contributed by atoms with E-state index in [2.05, 4.69) is 20.4 Å². The highest BCUT2D eigenvalue weighted by molar-refractivity contribution is 6.33. The van der Waals surface area contributed by atoms with E-state index in [1.807, 2.05) is 13.8 Å². The fraction of sp³-hybridized carbons (Fsp3) is 0.100. The van der Waals surface area contributed by atoms with Crippen LogP contribution in [0.5, 0.6) is 0 Å². The number of rotatable bonds is 4. The lowest BCUT2D eigenvalue weighted by Crippen LogP contribution is -2.10. The van der Waals surface area contributed by atoms with Gasteiger partial charge in [-0.25, -0.2) is 14.0 Å². The standard InChI is InChI=1S/C9H6ClN3O2.C9H6FN3O2.C2H6/c10-7-3-1-2-6(9(14)15)8(7)13-11-4-5-12-13;10-6-2-1-3-7(8(6)9(14)15)13-11-4-5-12-13;1-2/h2*1-5H,(H,14,15);1-2H3. The lowest BCUT2D eigenvalue weighted by atomic mass is 10.1. The minimum absolute atomic E-state index is 0.0682. The zero-order chi connectivity index (χ0) is 23.7. The summed E-state index contributed by atoms with van der Waals surface area (Å²) in [5, 5.41) is 33.3. The second kappa shape index (κ2) is 11.3. The first-order valence-electron chi connectivity index (χ1n) is 9.17. The summed E-state index contributed by atoms with van der Waals surface area (Å²) >= 11 is 5.90. The topological polar surface area (TPSA) is 136 Å². The molecular weight excluding hydrogens is 443 g/mol. The lowest BCUT2D eigenvalue weighted by Gasteiger charge is -2.06. The van der Waals surface area contributed by atoms with E-state index in [0.717, 1.165) is 10.9 Å². The van der Waals surface area contributed by atoms with E-state index >= 15 is 0 Å². The molecule has 4 rings (SSSR count). The van der Waals surface area contributed by atoms with E-state index in [1.165, 1.54) is 47.8 Å². The number of hydrogen-bond acceptors (Lipinski definition) is 6. The average Bonchev–Trinajstić information content (AvgIpc) is 3.49. The molecule has 0 saturated heterocycles. The third-order valence-electron chi connectivity index (χ3n) is 3.68. The van der Waals surface area contributed by atoms with Gasteiger partial charge in [-0.05, 0) is 24.3 Å². The number of nitrogens with zero attached hydrogens (tertiary/aromatic N) is 6. The van der Waals surface area contributed by atoms with E-state index < -0.39 is 23.3 Å². The molecule has 0 spiro atoms. The van der Waals surface area contributed by atoms with Crippen LogP contribution in [-0.2, 0) is 0 Å². The van der Waals surface area contributed by atoms with Gasteiger partial charge in [0.1, 0.15) is 22.8 Å². The van der Waals surface area contributed by atoms with Crippen molar-refractivity contribution in [3.05, 3.63) is 83.2 Å². The van der Waals surface area contributed by atoms with Gasteiger partial charge in [0.25, 0.3) is 0 Å². The molecule has 2 N–H and O–H groups in total. The Balaban J connectivity index is 0.000000211. The van der Waals surface area contributed by atoms with Crippen molar-refractivity contribution in [3.8, 4) is 11.4 Å². The van der Waals surface area contributed by atoms with Gasteiger partial charge < -0.3 is 10.2 Å². The Morgan fingerprint density at radius 3 is 1.91 bits per heavy atom. The number of aromatic nitrogens is 6. The molecule has 0 unspecified atom stereocenters. The molecule has 0 atom stereocenters. The maximum absolute atomic E-state index is 13.2. The van der Waals surface area contributed by atoms with E-state index in [1.54, 1.807) is 12.1 Å². The number of hydrogen-bond donors (Lipinski definition) is 2.